The highest BCUT2D eigenvalue weighted by Crippen LogP contribution is 2.34. The first-order valence-electron chi connectivity index (χ1n) is 7.02. The molecule has 2 rings (SSSR count). The van der Waals surface area contributed by atoms with Crippen molar-refractivity contribution in [1.82, 2.24) is 4.90 Å². The van der Waals surface area contributed by atoms with E-state index in [0.717, 1.165) is 12.5 Å². The van der Waals surface area contributed by atoms with Gasteiger partial charge in [-0.05, 0) is 38.6 Å². The average molecular weight is 220 g/mol. The lowest BCUT2D eigenvalue weighted by molar-refractivity contribution is 0.0783. The summed E-state index contributed by atoms with van der Waals surface area (Å²) in [6.45, 7) is 3.52. The SMILES string of the molecule is CCCC1CCCCN1C1CCCC1C#N. The Kier molecular flexibility index (Phi) is 4.23. The summed E-state index contributed by atoms with van der Waals surface area (Å²) in [6, 6.07) is 3.89. The van der Waals surface area contributed by atoms with Crippen LogP contribution < -0.4 is 0 Å². The fourth-order valence-corrected chi connectivity index (χ4v) is 3.59. The zero-order valence-electron chi connectivity index (χ0n) is 10.5. The van der Waals surface area contributed by atoms with Crippen molar-refractivity contribution in [2.75, 3.05) is 6.54 Å². The summed E-state index contributed by atoms with van der Waals surface area (Å²) in [5.41, 5.74) is 0. The second-order valence-corrected chi connectivity index (χ2v) is 5.41. The van der Waals surface area contributed by atoms with Gasteiger partial charge in [-0.3, -0.25) is 4.90 Å². The summed E-state index contributed by atoms with van der Waals surface area (Å²) in [7, 11) is 0. The zero-order chi connectivity index (χ0) is 11.4. The van der Waals surface area contributed by atoms with Crippen molar-refractivity contribution in [2.24, 2.45) is 5.92 Å². The molecule has 2 aliphatic rings. The van der Waals surface area contributed by atoms with Crippen LogP contribution in [-0.4, -0.2) is 23.5 Å². The minimum absolute atomic E-state index is 0.317. The molecule has 1 saturated heterocycles. The molecular formula is C14H24N2. The van der Waals surface area contributed by atoms with Gasteiger partial charge >= 0.3 is 0 Å². The number of nitrogens with zero attached hydrogens (tertiary/aromatic N) is 2. The van der Waals surface area contributed by atoms with E-state index in [4.69, 9.17) is 0 Å². The molecule has 2 heteroatoms. The maximum atomic E-state index is 9.21. The maximum Gasteiger partial charge on any atom is 0.0672 e. The number of likely N-dealkylation sites (tertiary alicyclic amines) is 1. The molecule has 0 aromatic rings. The Hall–Kier alpha value is -0.550. The van der Waals surface area contributed by atoms with Crippen LogP contribution in [0.5, 0.6) is 0 Å². The Bertz CT molecular complexity index is 254. The molecule has 2 nitrogen and oxygen atoms in total. The van der Waals surface area contributed by atoms with Gasteiger partial charge in [-0.2, -0.15) is 5.26 Å². The van der Waals surface area contributed by atoms with Crippen molar-refractivity contribution < 1.29 is 0 Å². The van der Waals surface area contributed by atoms with E-state index in [1.807, 2.05) is 0 Å². The van der Waals surface area contributed by atoms with Crippen LogP contribution in [0.4, 0.5) is 0 Å². The third kappa shape index (κ3) is 2.40. The topological polar surface area (TPSA) is 27.0 Å². The fraction of sp³-hybridized carbons (Fsp3) is 0.929. The summed E-state index contributed by atoms with van der Waals surface area (Å²) in [5, 5.41) is 9.21. The highest BCUT2D eigenvalue weighted by atomic mass is 15.2. The van der Waals surface area contributed by atoms with Crippen LogP contribution in [-0.2, 0) is 0 Å². The van der Waals surface area contributed by atoms with E-state index in [9.17, 15) is 5.26 Å². The maximum absolute atomic E-state index is 9.21. The lowest BCUT2D eigenvalue weighted by Crippen LogP contribution is -2.47. The van der Waals surface area contributed by atoms with Crippen LogP contribution in [0.2, 0.25) is 0 Å². The molecule has 1 heterocycles. The lowest BCUT2D eigenvalue weighted by atomic mass is 9.93. The Morgan fingerprint density at radius 1 is 1.19 bits per heavy atom. The van der Waals surface area contributed by atoms with E-state index in [2.05, 4.69) is 17.9 Å². The summed E-state index contributed by atoms with van der Waals surface area (Å²) in [6.07, 6.45) is 10.4. The summed E-state index contributed by atoms with van der Waals surface area (Å²) in [4.78, 5) is 2.69. The van der Waals surface area contributed by atoms with E-state index < -0.39 is 0 Å². The largest absolute Gasteiger partial charge is 0.296 e. The van der Waals surface area contributed by atoms with E-state index in [0.29, 0.717) is 12.0 Å². The molecule has 3 unspecified atom stereocenters. The summed E-state index contributed by atoms with van der Waals surface area (Å²) < 4.78 is 0. The van der Waals surface area contributed by atoms with Gasteiger partial charge in [0.05, 0.1) is 12.0 Å². The van der Waals surface area contributed by atoms with Gasteiger partial charge in [0.15, 0.2) is 0 Å². The molecule has 0 aromatic carbocycles. The Morgan fingerprint density at radius 2 is 2.06 bits per heavy atom. The molecule has 0 bridgehead atoms. The number of piperidine rings is 1. The Labute approximate surface area is 99.6 Å². The first kappa shape index (κ1) is 11.9. The first-order valence-corrected chi connectivity index (χ1v) is 7.02. The van der Waals surface area contributed by atoms with Crippen LogP contribution >= 0.6 is 0 Å². The molecule has 1 aliphatic carbocycles. The monoisotopic (exact) mass is 220 g/mol. The Balaban J connectivity index is 2.02. The Morgan fingerprint density at radius 3 is 2.81 bits per heavy atom. The molecule has 16 heavy (non-hydrogen) atoms. The third-order valence-corrected chi connectivity index (χ3v) is 4.37. The second-order valence-electron chi connectivity index (χ2n) is 5.41. The molecule has 0 N–H and O–H groups in total. The van der Waals surface area contributed by atoms with Crippen molar-refractivity contribution in [1.29, 1.82) is 5.26 Å². The predicted molar refractivity (Wildman–Crippen MR) is 66.0 cm³/mol. The van der Waals surface area contributed by atoms with Gasteiger partial charge in [0.25, 0.3) is 0 Å². The number of nitriles is 1. The van der Waals surface area contributed by atoms with Gasteiger partial charge in [-0.1, -0.05) is 26.2 Å². The van der Waals surface area contributed by atoms with Gasteiger partial charge in [-0.25, -0.2) is 0 Å². The van der Waals surface area contributed by atoms with Crippen LogP contribution in [0.15, 0.2) is 0 Å². The van der Waals surface area contributed by atoms with E-state index >= 15 is 0 Å². The molecule has 0 amide bonds. The molecule has 1 aliphatic heterocycles. The highest BCUT2D eigenvalue weighted by molar-refractivity contribution is 4.99. The second kappa shape index (κ2) is 5.68. The van der Waals surface area contributed by atoms with Gasteiger partial charge in [0.2, 0.25) is 0 Å². The molecule has 2 fully saturated rings. The smallest absolute Gasteiger partial charge is 0.0672 e. The van der Waals surface area contributed by atoms with Crippen molar-refractivity contribution in [3.05, 3.63) is 0 Å². The molecule has 1 saturated carbocycles. The lowest BCUT2D eigenvalue weighted by Gasteiger charge is -2.41. The van der Waals surface area contributed by atoms with Gasteiger partial charge < -0.3 is 0 Å². The van der Waals surface area contributed by atoms with Crippen molar-refractivity contribution >= 4 is 0 Å². The summed E-state index contributed by atoms with van der Waals surface area (Å²) in [5.74, 6) is 0.317. The first-order chi connectivity index (χ1) is 7.86. The van der Waals surface area contributed by atoms with Crippen molar-refractivity contribution in [3.63, 3.8) is 0 Å². The van der Waals surface area contributed by atoms with Crippen LogP contribution in [0, 0.1) is 17.2 Å². The van der Waals surface area contributed by atoms with Crippen LogP contribution in [0.3, 0.4) is 0 Å². The molecular weight excluding hydrogens is 196 g/mol. The molecule has 0 radical (unpaired) electrons. The molecule has 90 valence electrons. The molecule has 0 aromatic heterocycles. The van der Waals surface area contributed by atoms with E-state index in [1.54, 1.807) is 0 Å². The predicted octanol–water partition coefficient (Wildman–Crippen LogP) is 3.33. The fourth-order valence-electron chi connectivity index (χ4n) is 3.59. The van der Waals surface area contributed by atoms with Crippen molar-refractivity contribution in [3.8, 4) is 6.07 Å². The van der Waals surface area contributed by atoms with Crippen LogP contribution in [0.1, 0.15) is 58.3 Å². The van der Waals surface area contributed by atoms with E-state index in [-0.39, 0.29) is 0 Å². The quantitative estimate of drug-likeness (QED) is 0.729. The molecule has 0 spiro atoms. The standard InChI is InChI=1S/C14H24N2/c1-2-6-13-8-3-4-10-16(13)14-9-5-7-12(14)11-15/h12-14H,2-10H2,1H3. The van der Waals surface area contributed by atoms with Gasteiger partial charge in [0, 0.05) is 12.1 Å². The van der Waals surface area contributed by atoms with Crippen LogP contribution in [0.25, 0.3) is 0 Å². The van der Waals surface area contributed by atoms with Crippen molar-refractivity contribution in [2.45, 2.75) is 70.4 Å². The molecule has 3 atom stereocenters. The minimum Gasteiger partial charge on any atom is -0.296 e. The number of hydrogen-bond donors (Lipinski definition) is 0. The van der Waals surface area contributed by atoms with E-state index in [1.165, 1.54) is 51.5 Å². The van der Waals surface area contributed by atoms with Gasteiger partial charge in [0.1, 0.15) is 0 Å². The highest BCUT2D eigenvalue weighted by Gasteiger charge is 2.36. The normalized spacial score (nSPS) is 36.1. The number of hydrogen-bond acceptors (Lipinski definition) is 2. The zero-order valence-corrected chi connectivity index (χ0v) is 10.5. The van der Waals surface area contributed by atoms with Gasteiger partial charge in [-0.15, -0.1) is 0 Å². The number of rotatable bonds is 3. The summed E-state index contributed by atoms with van der Waals surface area (Å²) >= 11 is 0. The average Bonchev–Trinajstić information content (AvgIpc) is 2.78. The third-order valence-electron chi connectivity index (χ3n) is 4.37. The minimum atomic E-state index is 0.317.